The van der Waals surface area contributed by atoms with Gasteiger partial charge in [0.05, 0.1) is 5.69 Å². The lowest BCUT2D eigenvalue weighted by molar-refractivity contribution is -0.133. The van der Waals surface area contributed by atoms with Crippen molar-refractivity contribution in [3.05, 3.63) is 24.0 Å². The molecule has 3 N–H and O–H groups in total. The van der Waals surface area contributed by atoms with Gasteiger partial charge in [-0.25, -0.2) is 4.39 Å². The number of nitrogens with one attached hydrogen (secondary N) is 3. The van der Waals surface area contributed by atoms with E-state index >= 15 is 0 Å². The lowest BCUT2D eigenvalue weighted by Crippen LogP contribution is -2.47. The van der Waals surface area contributed by atoms with Gasteiger partial charge < -0.3 is 15.5 Å². The van der Waals surface area contributed by atoms with Crippen molar-refractivity contribution in [3.63, 3.8) is 0 Å². The summed E-state index contributed by atoms with van der Waals surface area (Å²) < 4.78 is 14.0. The third kappa shape index (κ3) is 3.19. The van der Waals surface area contributed by atoms with Crippen molar-refractivity contribution in [1.29, 1.82) is 0 Å². The average molecular weight is 306 g/mol. The van der Waals surface area contributed by atoms with E-state index in [0.717, 1.165) is 26.2 Å². The van der Waals surface area contributed by atoms with Gasteiger partial charge in [-0.1, -0.05) is 0 Å². The first kappa shape index (κ1) is 14.8. The third-order valence-electron chi connectivity index (χ3n) is 3.98. The number of halogens is 1. The van der Waals surface area contributed by atoms with Crippen molar-refractivity contribution >= 4 is 23.2 Å². The van der Waals surface area contributed by atoms with Gasteiger partial charge in [-0.3, -0.25) is 14.9 Å². The molecule has 0 aliphatic carbocycles. The highest BCUT2D eigenvalue weighted by Gasteiger charge is 2.26. The second-order valence-electron chi connectivity index (χ2n) is 5.55. The van der Waals surface area contributed by atoms with Crippen LogP contribution >= 0.6 is 0 Å². The Morgan fingerprint density at radius 2 is 2.00 bits per heavy atom. The normalized spacial score (nSPS) is 22.4. The SMILES string of the molecule is O=C1CC[C@H](Nc2ccc(F)c(N3CCNCC3)c2)C(=O)N1. The zero-order chi connectivity index (χ0) is 15.5. The Balaban J connectivity index is 1.74. The number of imide groups is 1. The van der Waals surface area contributed by atoms with Crippen LogP contribution in [0.3, 0.4) is 0 Å². The van der Waals surface area contributed by atoms with Crippen LogP contribution in [0.1, 0.15) is 12.8 Å². The molecule has 0 spiro atoms. The number of amides is 2. The minimum atomic E-state index is -0.459. The molecule has 0 radical (unpaired) electrons. The number of anilines is 2. The molecule has 6 nitrogen and oxygen atoms in total. The lowest BCUT2D eigenvalue weighted by Gasteiger charge is -2.30. The molecule has 0 aromatic heterocycles. The summed E-state index contributed by atoms with van der Waals surface area (Å²) >= 11 is 0. The summed E-state index contributed by atoms with van der Waals surface area (Å²) in [5, 5.41) is 8.62. The molecule has 118 valence electrons. The molecule has 2 amide bonds. The van der Waals surface area contributed by atoms with E-state index in [4.69, 9.17) is 0 Å². The standard InChI is InChI=1S/C15H19FN4O2/c16-11-2-1-10(9-13(11)20-7-5-17-6-8-20)18-12-3-4-14(21)19-15(12)22/h1-2,9,12,17-18H,3-8H2,(H,19,21,22)/t12-/m0/s1. The predicted octanol–water partition coefficient (Wildman–Crippen LogP) is 0.452. The van der Waals surface area contributed by atoms with Gasteiger partial charge >= 0.3 is 0 Å². The van der Waals surface area contributed by atoms with E-state index in [-0.39, 0.29) is 17.6 Å². The number of hydrogen-bond donors (Lipinski definition) is 3. The molecule has 0 bridgehead atoms. The van der Waals surface area contributed by atoms with Gasteiger partial charge in [0.2, 0.25) is 11.8 Å². The van der Waals surface area contributed by atoms with Gasteiger partial charge in [0, 0.05) is 38.3 Å². The van der Waals surface area contributed by atoms with Crippen molar-refractivity contribution < 1.29 is 14.0 Å². The van der Waals surface area contributed by atoms with Gasteiger partial charge in [0.1, 0.15) is 11.9 Å². The van der Waals surface area contributed by atoms with Crippen LogP contribution in [0.5, 0.6) is 0 Å². The number of carbonyl (C=O) groups excluding carboxylic acids is 2. The molecule has 3 rings (SSSR count). The number of benzene rings is 1. The Morgan fingerprint density at radius 3 is 2.73 bits per heavy atom. The van der Waals surface area contributed by atoms with Gasteiger partial charge in [-0.2, -0.15) is 0 Å². The summed E-state index contributed by atoms with van der Waals surface area (Å²) in [6.07, 6.45) is 0.764. The van der Waals surface area contributed by atoms with Gasteiger partial charge in [-0.05, 0) is 24.6 Å². The van der Waals surface area contributed by atoms with Crippen LogP contribution < -0.4 is 20.9 Å². The first-order valence-electron chi connectivity index (χ1n) is 7.49. The fourth-order valence-corrected chi connectivity index (χ4v) is 2.78. The van der Waals surface area contributed by atoms with Crippen LogP contribution in [-0.4, -0.2) is 44.0 Å². The summed E-state index contributed by atoms with van der Waals surface area (Å²) in [5.41, 5.74) is 1.23. The summed E-state index contributed by atoms with van der Waals surface area (Å²) in [4.78, 5) is 24.9. The average Bonchev–Trinajstić information content (AvgIpc) is 2.52. The van der Waals surface area contributed by atoms with Crippen LogP contribution in [-0.2, 0) is 9.59 Å². The Hall–Kier alpha value is -2.15. The topological polar surface area (TPSA) is 73.5 Å². The highest BCUT2D eigenvalue weighted by Crippen LogP contribution is 2.25. The molecule has 2 heterocycles. The number of nitrogens with zero attached hydrogens (tertiary/aromatic N) is 1. The molecule has 7 heteroatoms. The predicted molar refractivity (Wildman–Crippen MR) is 81.3 cm³/mol. The first-order chi connectivity index (χ1) is 10.6. The number of carbonyl (C=O) groups is 2. The molecule has 1 aromatic rings. The maximum Gasteiger partial charge on any atom is 0.249 e. The van der Waals surface area contributed by atoms with E-state index in [1.165, 1.54) is 6.07 Å². The zero-order valence-corrected chi connectivity index (χ0v) is 12.2. The number of hydrogen-bond acceptors (Lipinski definition) is 5. The second-order valence-corrected chi connectivity index (χ2v) is 5.55. The second kappa shape index (κ2) is 6.31. The van der Waals surface area contributed by atoms with Crippen LogP contribution in [0.2, 0.25) is 0 Å². The molecule has 2 aliphatic heterocycles. The Bertz CT molecular complexity index is 587. The van der Waals surface area contributed by atoms with Crippen LogP contribution in [0.25, 0.3) is 0 Å². The molecule has 2 aliphatic rings. The minimum absolute atomic E-state index is 0.247. The van der Waals surface area contributed by atoms with Crippen molar-refractivity contribution in [2.45, 2.75) is 18.9 Å². The molecule has 1 atom stereocenters. The first-order valence-corrected chi connectivity index (χ1v) is 7.49. The largest absolute Gasteiger partial charge is 0.374 e. The molecule has 0 unspecified atom stereocenters. The van der Waals surface area contributed by atoms with Gasteiger partial charge in [-0.15, -0.1) is 0 Å². The number of piperazine rings is 1. The zero-order valence-electron chi connectivity index (χ0n) is 12.2. The molecule has 2 saturated heterocycles. The maximum atomic E-state index is 14.0. The number of rotatable bonds is 3. The number of piperidine rings is 1. The summed E-state index contributed by atoms with van der Waals surface area (Å²) in [7, 11) is 0. The smallest absolute Gasteiger partial charge is 0.249 e. The van der Waals surface area contributed by atoms with Gasteiger partial charge in [0.15, 0.2) is 0 Å². The van der Waals surface area contributed by atoms with Crippen LogP contribution in [0.15, 0.2) is 18.2 Å². The summed E-state index contributed by atoms with van der Waals surface area (Å²) in [5.74, 6) is -0.844. The van der Waals surface area contributed by atoms with Gasteiger partial charge in [0.25, 0.3) is 0 Å². The highest BCUT2D eigenvalue weighted by atomic mass is 19.1. The Labute approximate surface area is 128 Å². The van der Waals surface area contributed by atoms with Crippen molar-refractivity contribution in [2.75, 3.05) is 36.4 Å². The molecule has 2 fully saturated rings. The molecular formula is C15H19FN4O2. The summed E-state index contributed by atoms with van der Waals surface area (Å²) in [6, 6.07) is 4.29. The monoisotopic (exact) mass is 306 g/mol. The van der Waals surface area contributed by atoms with Crippen LogP contribution in [0.4, 0.5) is 15.8 Å². The molecular weight excluding hydrogens is 287 g/mol. The Morgan fingerprint density at radius 1 is 1.23 bits per heavy atom. The lowest BCUT2D eigenvalue weighted by atomic mass is 10.1. The molecule has 0 saturated carbocycles. The Kier molecular flexibility index (Phi) is 4.24. The van der Waals surface area contributed by atoms with Crippen molar-refractivity contribution in [2.24, 2.45) is 0 Å². The maximum absolute atomic E-state index is 14.0. The van der Waals surface area contributed by atoms with E-state index in [2.05, 4.69) is 16.0 Å². The van der Waals surface area contributed by atoms with E-state index in [1.807, 2.05) is 4.90 Å². The third-order valence-corrected chi connectivity index (χ3v) is 3.98. The molecule has 22 heavy (non-hydrogen) atoms. The summed E-state index contributed by atoms with van der Waals surface area (Å²) in [6.45, 7) is 3.14. The highest BCUT2D eigenvalue weighted by molar-refractivity contribution is 6.01. The van der Waals surface area contributed by atoms with E-state index in [1.54, 1.807) is 12.1 Å². The fourth-order valence-electron chi connectivity index (χ4n) is 2.78. The van der Waals surface area contributed by atoms with Crippen molar-refractivity contribution in [3.8, 4) is 0 Å². The quantitative estimate of drug-likeness (QED) is 0.707. The van der Waals surface area contributed by atoms with E-state index in [9.17, 15) is 14.0 Å². The minimum Gasteiger partial charge on any atom is -0.374 e. The van der Waals surface area contributed by atoms with E-state index < -0.39 is 6.04 Å². The van der Waals surface area contributed by atoms with E-state index in [0.29, 0.717) is 24.2 Å². The van der Waals surface area contributed by atoms with Crippen molar-refractivity contribution in [1.82, 2.24) is 10.6 Å². The van der Waals surface area contributed by atoms with Crippen LogP contribution in [0, 0.1) is 5.82 Å². The fraction of sp³-hybridized carbons (Fsp3) is 0.467. The molecule has 1 aromatic carbocycles.